The van der Waals surface area contributed by atoms with Crippen molar-refractivity contribution in [1.29, 1.82) is 0 Å². The lowest BCUT2D eigenvalue weighted by Crippen LogP contribution is -2.30. The van der Waals surface area contributed by atoms with Gasteiger partial charge in [0.25, 0.3) is 10.0 Å². The average Bonchev–Trinajstić information content (AvgIpc) is 2.97. The van der Waals surface area contributed by atoms with E-state index < -0.39 is 10.0 Å². The summed E-state index contributed by atoms with van der Waals surface area (Å²) in [7, 11) is -3.73. The molecule has 154 valence electrons. The van der Waals surface area contributed by atoms with Crippen molar-refractivity contribution in [3.05, 3.63) is 60.2 Å². The first kappa shape index (κ1) is 21.0. The summed E-state index contributed by atoms with van der Waals surface area (Å²) >= 11 is 0. The van der Waals surface area contributed by atoms with Crippen molar-refractivity contribution in [3.8, 4) is 0 Å². The second-order valence-electron chi connectivity index (χ2n) is 7.34. The molecule has 1 aliphatic rings. The fourth-order valence-corrected chi connectivity index (χ4v) is 4.44. The van der Waals surface area contributed by atoms with Gasteiger partial charge in [-0.3, -0.25) is 14.5 Å². The molecule has 0 saturated carbocycles. The van der Waals surface area contributed by atoms with Crippen LogP contribution < -0.4 is 10.0 Å². The highest BCUT2D eigenvalue weighted by atomic mass is 32.2. The summed E-state index contributed by atoms with van der Waals surface area (Å²) in [6.07, 6.45) is 3.91. The lowest BCUT2D eigenvalue weighted by atomic mass is 9.97. The molecule has 1 amide bonds. The van der Waals surface area contributed by atoms with Gasteiger partial charge in [-0.2, -0.15) is 0 Å². The molecule has 3 rings (SSSR count). The van der Waals surface area contributed by atoms with Crippen molar-refractivity contribution < 1.29 is 13.2 Å². The molecular formula is C22H27N3O3S. The van der Waals surface area contributed by atoms with Crippen LogP contribution in [0.4, 0.5) is 5.69 Å². The van der Waals surface area contributed by atoms with Crippen molar-refractivity contribution >= 4 is 27.5 Å². The van der Waals surface area contributed by atoms with Crippen LogP contribution in [0.15, 0.2) is 64.5 Å². The number of amidine groups is 1. The van der Waals surface area contributed by atoms with E-state index in [1.165, 1.54) is 12.1 Å². The highest BCUT2D eigenvalue weighted by Crippen LogP contribution is 2.21. The fourth-order valence-electron chi connectivity index (χ4n) is 3.30. The van der Waals surface area contributed by atoms with E-state index >= 15 is 0 Å². The molecule has 0 radical (unpaired) electrons. The molecule has 0 spiro atoms. The Morgan fingerprint density at radius 3 is 2.66 bits per heavy atom. The van der Waals surface area contributed by atoms with Gasteiger partial charge in [0.1, 0.15) is 5.84 Å². The fraction of sp³-hybridized carbons (Fsp3) is 0.364. The van der Waals surface area contributed by atoms with E-state index in [2.05, 4.69) is 15.0 Å². The summed E-state index contributed by atoms with van der Waals surface area (Å²) in [5.74, 6) is 0.420. The van der Waals surface area contributed by atoms with Crippen LogP contribution in [-0.2, 0) is 14.8 Å². The third-order valence-electron chi connectivity index (χ3n) is 4.91. The minimum atomic E-state index is -3.73. The van der Waals surface area contributed by atoms with E-state index in [4.69, 9.17) is 0 Å². The molecule has 2 aromatic carbocycles. The summed E-state index contributed by atoms with van der Waals surface area (Å²) < 4.78 is 28.0. The maximum absolute atomic E-state index is 12.7. The quantitative estimate of drug-likeness (QED) is 0.748. The van der Waals surface area contributed by atoms with Gasteiger partial charge < -0.3 is 5.32 Å². The van der Waals surface area contributed by atoms with Crippen LogP contribution in [0, 0.1) is 0 Å². The summed E-state index contributed by atoms with van der Waals surface area (Å²) in [5, 5.41) is 2.81. The van der Waals surface area contributed by atoms with Gasteiger partial charge in [-0.05, 0) is 42.5 Å². The molecule has 7 heteroatoms. The topological polar surface area (TPSA) is 87.6 Å². The Morgan fingerprint density at radius 2 is 1.86 bits per heavy atom. The van der Waals surface area contributed by atoms with E-state index in [1.54, 1.807) is 12.1 Å². The standard InChI is InChI=1S/C22H27N3O3S/c1-17(18-9-4-2-5-10-18)15-22(26)24-19-11-8-12-20(16-19)29(27,28)25-21-13-6-3-7-14-23-21/h2,4-5,8-12,16-17H,3,6-7,13-15H2,1H3,(H,23,25)(H,24,26). The lowest BCUT2D eigenvalue weighted by molar-refractivity contribution is -0.116. The number of hydrogen-bond acceptors (Lipinski definition) is 4. The number of carbonyl (C=O) groups is 1. The molecule has 29 heavy (non-hydrogen) atoms. The lowest BCUT2D eigenvalue weighted by Gasteiger charge is -2.13. The van der Waals surface area contributed by atoms with Gasteiger partial charge in [0.15, 0.2) is 0 Å². The van der Waals surface area contributed by atoms with Crippen molar-refractivity contribution in [1.82, 2.24) is 4.72 Å². The van der Waals surface area contributed by atoms with Crippen molar-refractivity contribution in [2.24, 2.45) is 4.99 Å². The van der Waals surface area contributed by atoms with Gasteiger partial charge in [0.05, 0.1) is 4.90 Å². The van der Waals surface area contributed by atoms with Crippen LogP contribution >= 0.6 is 0 Å². The van der Waals surface area contributed by atoms with Crippen LogP contribution in [0.1, 0.15) is 50.5 Å². The Kier molecular flexibility index (Phi) is 7.04. The molecule has 2 aromatic rings. The second-order valence-corrected chi connectivity index (χ2v) is 9.02. The Balaban J connectivity index is 1.65. The Labute approximate surface area is 172 Å². The highest BCUT2D eigenvalue weighted by Gasteiger charge is 2.18. The van der Waals surface area contributed by atoms with Crippen LogP contribution in [0.5, 0.6) is 0 Å². The molecule has 1 unspecified atom stereocenters. The SMILES string of the molecule is CC(CC(=O)Nc1cccc(S(=O)(=O)NC2=NCCCCC2)c1)c1ccccc1. The smallest absolute Gasteiger partial charge is 0.262 e. The number of nitrogens with one attached hydrogen (secondary N) is 2. The monoisotopic (exact) mass is 413 g/mol. The van der Waals surface area contributed by atoms with Gasteiger partial charge in [-0.1, -0.05) is 49.7 Å². The number of benzene rings is 2. The highest BCUT2D eigenvalue weighted by molar-refractivity contribution is 7.90. The molecule has 0 fully saturated rings. The maximum atomic E-state index is 12.7. The number of sulfonamides is 1. The number of rotatable bonds is 6. The van der Waals surface area contributed by atoms with E-state index in [0.29, 0.717) is 30.9 Å². The molecular weight excluding hydrogens is 386 g/mol. The van der Waals surface area contributed by atoms with E-state index in [0.717, 1.165) is 24.8 Å². The summed E-state index contributed by atoms with van der Waals surface area (Å²) in [4.78, 5) is 16.8. The summed E-state index contributed by atoms with van der Waals surface area (Å²) in [6.45, 7) is 2.64. The van der Waals surface area contributed by atoms with E-state index in [-0.39, 0.29) is 16.7 Å². The molecule has 6 nitrogen and oxygen atoms in total. The van der Waals surface area contributed by atoms with Crippen LogP contribution in [0.2, 0.25) is 0 Å². The van der Waals surface area contributed by atoms with Gasteiger partial charge >= 0.3 is 0 Å². The first-order valence-corrected chi connectivity index (χ1v) is 11.4. The van der Waals surface area contributed by atoms with Crippen LogP contribution in [0.25, 0.3) is 0 Å². The second kappa shape index (κ2) is 9.69. The maximum Gasteiger partial charge on any atom is 0.262 e. The van der Waals surface area contributed by atoms with Gasteiger partial charge in [0, 0.05) is 25.1 Å². The summed E-state index contributed by atoms with van der Waals surface area (Å²) in [5.41, 5.74) is 1.55. The van der Waals surface area contributed by atoms with E-state index in [1.807, 2.05) is 37.3 Å². The third-order valence-corrected chi connectivity index (χ3v) is 6.29. The minimum Gasteiger partial charge on any atom is -0.326 e. The molecule has 1 aliphatic heterocycles. The predicted octanol–water partition coefficient (Wildman–Crippen LogP) is 4.07. The van der Waals surface area contributed by atoms with Crippen LogP contribution in [0.3, 0.4) is 0 Å². The van der Waals surface area contributed by atoms with Gasteiger partial charge in [0.2, 0.25) is 5.91 Å². The van der Waals surface area contributed by atoms with E-state index in [9.17, 15) is 13.2 Å². The Bertz CT molecular complexity index is 972. The zero-order valence-corrected chi connectivity index (χ0v) is 17.4. The molecule has 1 heterocycles. The van der Waals surface area contributed by atoms with Crippen molar-refractivity contribution in [3.63, 3.8) is 0 Å². The number of amides is 1. The number of anilines is 1. The zero-order valence-electron chi connectivity index (χ0n) is 16.6. The molecule has 1 atom stereocenters. The minimum absolute atomic E-state index is 0.0676. The molecule has 2 N–H and O–H groups in total. The number of nitrogens with zero attached hydrogens (tertiary/aromatic N) is 1. The normalized spacial score (nSPS) is 15.7. The third kappa shape index (κ3) is 6.15. The van der Waals surface area contributed by atoms with Crippen molar-refractivity contribution in [2.45, 2.75) is 49.8 Å². The van der Waals surface area contributed by atoms with Gasteiger partial charge in [-0.25, -0.2) is 8.42 Å². The molecule has 0 saturated heterocycles. The largest absolute Gasteiger partial charge is 0.326 e. The number of carbonyl (C=O) groups excluding carboxylic acids is 1. The molecule has 0 aliphatic carbocycles. The van der Waals surface area contributed by atoms with Crippen LogP contribution in [-0.4, -0.2) is 26.7 Å². The summed E-state index contributed by atoms with van der Waals surface area (Å²) in [6, 6.07) is 16.1. The first-order valence-electron chi connectivity index (χ1n) is 9.95. The number of aliphatic imine (C=N–C) groups is 1. The van der Waals surface area contributed by atoms with Gasteiger partial charge in [-0.15, -0.1) is 0 Å². The Morgan fingerprint density at radius 1 is 1.07 bits per heavy atom. The molecule has 0 bridgehead atoms. The number of hydrogen-bond donors (Lipinski definition) is 2. The zero-order chi connectivity index (χ0) is 20.7. The molecule has 0 aromatic heterocycles. The van der Waals surface area contributed by atoms with Crippen molar-refractivity contribution in [2.75, 3.05) is 11.9 Å². The first-order chi connectivity index (χ1) is 13.9. The Hall–Kier alpha value is -2.67. The predicted molar refractivity (Wildman–Crippen MR) is 116 cm³/mol. The average molecular weight is 414 g/mol.